The van der Waals surface area contributed by atoms with Crippen LogP contribution in [0.2, 0.25) is 0 Å². The molecule has 1 unspecified atom stereocenters. The van der Waals surface area contributed by atoms with Crippen LogP contribution in [-0.2, 0) is 4.79 Å². The molecule has 3 heteroatoms. The van der Waals surface area contributed by atoms with E-state index < -0.39 is 0 Å². The molecule has 1 atom stereocenters. The van der Waals surface area contributed by atoms with Gasteiger partial charge in [-0.3, -0.25) is 9.69 Å². The first-order valence-corrected chi connectivity index (χ1v) is 7.83. The first-order chi connectivity index (χ1) is 10.7. The Kier molecular flexibility index (Phi) is 6.16. The Morgan fingerprint density at radius 3 is 2.23 bits per heavy atom. The third kappa shape index (κ3) is 4.43. The second kappa shape index (κ2) is 8.35. The highest BCUT2D eigenvalue weighted by atomic mass is 16.2. The van der Waals surface area contributed by atoms with Crippen LogP contribution < -0.4 is 5.32 Å². The number of rotatable bonds is 7. The van der Waals surface area contributed by atoms with Crippen molar-refractivity contribution in [2.75, 3.05) is 18.9 Å². The minimum Gasteiger partial charge on any atom is -0.324 e. The van der Waals surface area contributed by atoms with Crippen molar-refractivity contribution >= 4 is 11.6 Å². The van der Waals surface area contributed by atoms with Gasteiger partial charge >= 0.3 is 0 Å². The number of para-hydroxylation sites is 1. The molecule has 0 aliphatic rings. The fourth-order valence-electron chi connectivity index (χ4n) is 2.51. The lowest BCUT2D eigenvalue weighted by Gasteiger charge is -2.27. The van der Waals surface area contributed by atoms with Gasteiger partial charge in [-0.15, -0.1) is 0 Å². The Morgan fingerprint density at radius 2 is 1.64 bits per heavy atom. The topological polar surface area (TPSA) is 32.3 Å². The fourth-order valence-corrected chi connectivity index (χ4v) is 2.51. The first-order valence-electron chi connectivity index (χ1n) is 7.83. The Morgan fingerprint density at radius 1 is 1.05 bits per heavy atom. The van der Waals surface area contributed by atoms with Crippen molar-refractivity contribution in [2.45, 2.75) is 25.8 Å². The summed E-state index contributed by atoms with van der Waals surface area (Å²) in [5.41, 5.74) is 1.85. The highest BCUT2D eigenvalue weighted by Gasteiger charge is 2.24. The summed E-state index contributed by atoms with van der Waals surface area (Å²) in [6, 6.07) is 19.3. The summed E-state index contributed by atoms with van der Waals surface area (Å²) in [6.07, 6.45) is 2.20. The SMILES string of the molecule is CCCCN(C)C(C(=O)Nc1ccccc1)c1ccccc1. The van der Waals surface area contributed by atoms with Gasteiger partial charge in [0.15, 0.2) is 0 Å². The number of carbonyl (C=O) groups is 1. The van der Waals surface area contributed by atoms with Crippen molar-refractivity contribution in [1.29, 1.82) is 0 Å². The molecule has 0 fully saturated rings. The van der Waals surface area contributed by atoms with E-state index in [1.165, 1.54) is 0 Å². The molecule has 0 aliphatic carbocycles. The highest BCUT2D eigenvalue weighted by Crippen LogP contribution is 2.22. The van der Waals surface area contributed by atoms with Gasteiger partial charge in [0.1, 0.15) is 6.04 Å². The minimum absolute atomic E-state index is 0.0102. The Hall–Kier alpha value is -2.13. The van der Waals surface area contributed by atoms with Gasteiger partial charge in [0, 0.05) is 5.69 Å². The summed E-state index contributed by atoms with van der Waals surface area (Å²) in [7, 11) is 2.01. The zero-order valence-electron chi connectivity index (χ0n) is 13.3. The number of benzene rings is 2. The average molecular weight is 296 g/mol. The van der Waals surface area contributed by atoms with Gasteiger partial charge in [-0.1, -0.05) is 61.9 Å². The molecule has 0 saturated heterocycles. The summed E-state index contributed by atoms with van der Waals surface area (Å²) >= 11 is 0. The molecule has 22 heavy (non-hydrogen) atoms. The van der Waals surface area contributed by atoms with Crippen molar-refractivity contribution in [2.24, 2.45) is 0 Å². The van der Waals surface area contributed by atoms with Gasteiger partial charge in [-0.2, -0.15) is 0 Å². The molecule has 3 nitrogen and oxygen atoms in total. The lowest BCUT2D eigenvalue weighted by atomic mass is 10.0. The molecule has 0 heterocycles. The van der Waals surface area contributed by atoms with Gasteiger partial charge in [0.2, 0.25) is 5.91 Å². The summed E-state index contributed by atoms with van der Waals surface area (Å²) in [5, 5.41) is 3.02. The van der Waals surface area contributed by atoms with Crippen LogP contribution in [0.25, 0.3) is 0 Å². The second-order valence-electron chi connectivity index (χ2n) is 5.50. The lowest BCUT2D eigenvalue weighted by Crippen LogP contribution is -2.35. The van der Waals surface area contributed by atoms with Gasteiger partial charge in [0.05, 0.1) is 0 Å². The minimum atomic E-state index is -0.270. The van der Waals surface area contributed by atoms with Crippen LogP contribution in [0.4, 0.5) is 5.69 Å². The molecule has 1 N–H and O–H groups in total. The molecule has 2 aromatic rings. The van der Waals surface area contributed by atoms with Crippen LogP contribution >= 0.6 is 0 Å². The van der Waals surface area contributed by atoms with E-state index in [4.69, 9.17) is 0 Å². The summed E-state index contributed by atoms with van der Waals surface area (Å²) in [6.45, 7) is 3.06. The molecule has 2 aromatic carbocycles. The third-order valence-electron chi connectivity index (χ3n) is 3.71. The van der Waals surface area contributed by atoms with E-state index in [-0.39, 0.29) is 11.9 Å². The molecule has 0 radical (unpaired) electrons. The van der Waals surface area contributed by atoms with E-state index in [0.29, 0.717) is 0 Å². The molecule has 0 bridgehead atoms. The van der Waals surface area contributed by atoms with Gasteiger partial charge in [0.25, 0.3) is 0 Å². The summed E-state index contributed by atoms with van der Waals surface area (Å²) < 4.78 is 0. The second-order valence-corrected chi connectivity index (χ2v) is 5.50. The van der Waals surface area contributed by atoms with Crippen molar-refractivity contribution in [3.8, 4) is 0 Å². The van der Waals surface area contributed by atoms with Gasteiger partial charge in [-0.25, -0.2) is 0 Å². The van der Waals surface area contributed by atoms with Crippen molar-refractivity contribution in [3.05, 3.63) is 66.2 Å². The number of likely N-dealkylation sites (N-methyl/N-ethyl adjacent to an activating group) is 1. The number of carbonyl (C=O) groups excluding carboxylic acids is 1. The number of hydrogen-bond donors (Lipinski definition) is 1. The fraction of sp³-hybridized carbons (Fsp3) is 0.316. The number of hydrogen-bond acceptors (Lipinski definition) is 2. The Bertz CT molecular complexity index is 569. The smallest absolute Gasteiger partial charge is 0.246 e. The van der Waals surface area contributed by atoms with Gasteiger partial charge < -0.3 is 5.32 Å². The van der Waals surface area contributed by atoms with Crippen molar-refractivity contribution in [3.63, 3.8) is 0 Å². The monoisotopic (exact) mass is 296 g/mol. The van der Waals surface area contributed by atoms with Crippen LogP contribution in [-0.4, -0.2) is 24.4 Å². The maximum atomic E-state index is 12.8. The van der Waals surface area contributed by atoms with E-state index in [1.54, 1.807) is 0 Å². The van der Waals surface area contributed by atoms with E-state index in [1.807, 2.05) is 67.7 Å². The molecule has 116 valence electrons. The predicted molar refractivity (Wildman–Crippen MR) is 91.8 cm³/mol. The molecule has 1 amide bonds. The van der Waals surface area contributed by atoms with E-state index in [9.17, 15) is 4.79 Å². The summed E-state index contributed by atoms with van der Waals surface area (Å²) in [4.78, 5) is 14.9. The highest BCUT2D eigenvalue weighted by molar-refractivity contribution is 5.95. The number of nitrogens with zero attached hydrogens (tertiary/aromatic N) is 1. The average Bonchev–Trinajstić information content (AvgIpc) is 2.55. The number of nitrogens with one attached hydrogen (secondary N) is 1. The number of unbranched alkanes of at least 4 members (excludes halogenated alkanes) is 1. The van der Waals surface area contributed by atoms with Crippen LogP contribution in [0.15, 0.2) is 60.7 Å². The number of anilines is 1. The van der Waals surface area contributed by atoms with E-state index in [0.717, 1.165) is 30.6 Å². The molecule has 0 spiro atoms. The van der Waals surface area contributed by atoms with E-state index >= 15 is 0 Å². The number of amides is 1. The zero-order valence-corrected chi connectivity index (χ0v) is 13.3. The molecular formula is C19H24N2O. The van der Waals surface area contributed by atoms with Crippen LogP contribution in [0.3, 0.4) is 0 Å². The molecular weight excluding hydrogens is 272 g/mol. The van der Waals surface area contributed by atoms with Crippen molar-refractivity contribution < 1.29 is 4.79 Å². The largest absolute Gasteiger partial charge is 0.324 e. The Balaban J connectivity index is 2.18. The van der Waals surface area contributed by atoms with Crippen LogP contribution in [0, 0.1) is 0 Å². The van der Waals surface area contributed by atoms with Crippen molar-refractivity contribution in [1.82, 2.24) is 4.90 Å². The maximum Gasteiger partial charge on any atom is 0.246 e. The third-order valence-corrected chi connectivity index (χ3v) is 3.71. The lowest BCUT2D eigenvalue weighted by molar-refractivity contribution is -0.121. The first kappa shape index (κ1) is 16.2. The quantitative estimate of drug-likeness (QED) is 0.834. The maximum absolute atomic E-state index is 12.8. The zero-order chi connectivity index (χ0) is 15.8. The van der Waals surface area contributed by atoms with Crippen LogP contribution in [0.1, 0.15) is 31.4 Å². The normalized spacial score (nSPS) is 12.1. The molecule has 2 rings (SSSR count). The summed E-state index contributed by atoms with van der Waals surface area (Å²) in [5.74, 6) is 0.0102. The van der Waals surface area contributed by atoms with Crippen LogP contribution in [0.5, 0.6) is 0 Å². The standard InChI is InChI=1S/C19H24N2O/c1-3-4-15-21(2)18(16-11-7-5-8-12-16)19(22)20-17-13-9-6-10-14-17/h5-14,18H,3-4,15H2,1-2H3,(H,20,22). The van der Waals surface area contributed by atoms with Gasteiger partial charge in [-0.05, 0) is 37.7 Å². The molecule has 0 saturated carbocycles. The Labute approximate surface area is 133 Å². The molecule has 0 aromatic heterocycles. The molecule has 0 aliphatic heterocycles. The predicted octanol–water partition coefficient (Wildman–Crippen LogP) is 4.10. The van der Waals surface area contributed by atoms with E-state index in [2.05, 4.69) is 17.1 Å².